The first-order valence-electron chi connectivity index (χ1n) is 11.7. The fraction of sp³-hybridized carbons (Fsp3) is 0.400. The van der Waals surface area contributed by atoms with Crippen LogP contribution in [-0.4, -0.2) is 47.8 Å². The summed E-state index contributed by atoms with van der Waals surface area (Å²) < 4.78 is 4.42. The van der Waals surface area contributed by atoms with Crippen LogP contribution in [0, 0.1) is 11.8 Å². The molecule has 180 valence electrons. The van der Waals surface area contributed by atoms with Crippen LogP contribution in [0.2, 0.25) is 0 Å². The molecular weight excluding hydrogens is 444 g/mol. The molecule has 0 bridgehead atoms. The quantitative estimate of drug-likeness (QED) is 0.446. The van der Waals surface area contributed by atoms with Crippen molar-refractivity contribution in [1.82, 2.24) is 28.7 Å². The van der Waals surface area contributed by atoms with Gasteiger partial charge in [-0.3, -0.25) is 13.9 Å². The third kappa shape index (κ3) is 3.88. The number of fused-ring (bicyclic) bond motifs is 2. The van der Waals surface area contributed by atoms with Crippen molar-refractivity contribution in [2.45, 2.75) is 45.3 Å². The first-order chi connectivity index (χ1) is 16.9. The molecule has 0 radical (unpaired) electrons. The lowest BCUT2D eigenvalue weighted by Gasteiger charge is -2.31. The van der Waals surface area contributed by atoms with E-state index in [1.54, 1.807) is 31.7 Å². The molecule has 5 rings (SSSR count). The van der Waals surface area contributed by atoms with Crippen LogP contribution in [0.1, 0.15) is 38.6 Å². The second-order valence-electron chi connectivity index (χ2n) is 8.92. The number of benzene rings is 1. The van der Waals surface area contributed by atoms with Crippen molar-refractivity contribution in [3.63, 3.8) is 0 Å². The Morgan fingerprint density at radius 1 is 1.23 bits per heavy atom. The summed E-state index contributed by atoms with van der Waals surface area (Å²) in [6, 6.07) is 6.95. The molecule has 3 aromatic heterocycles. The summed E-state index contributed by atoms with van der Waals surface area (Å²) in [4.78, 5) is 43.2. The maximum atomic E-state index is 13.9. The van der Waals surface area contributed by atoms with Crippen LogP contribution in [0.4, 0.5) is 5.95 Å². The van der Waals surface area contributed by atoms with Crippen molar-refractivity contribution in [2.75, 3.05) is 18.0 Å². The molecule has 1 aliphatic rings. The number of piperidine rings is 1. The standard InChI is InChI=1S/C25H28N8O2/c1-4-5-13-32-20-22(29-24(32)31-12-8-10-18(26)15-31)30(3)25(35)33(23(20)34)16(2)21-27-14-17-9-6-7-11-19(17)28-21/h6-7,9,11,14,16,18H,8,10,12-13,15,26H2,1-3H3/t16?,18-/m1/s1. The van der Waals surface area contributed by atoms with Crippen LogP contribution < -0.4 is 21.9 Å². The third-order valence-electron chi connectivity index (χ3n) is 6.58. The molecule has 35 heavy (non-hydrogen) atoms. The number of nitrogens with zero attached hydrogens (tertiary/aromatic N) is 7. The van der Waals surface area contributed by atoms with E-state index in [0.29, 0.717) is 29.5 Å². The van der Waals surface area contributed by atoms with E-state index in [9.17, 15) is 9.59 Å². The topological polar surface area (TPSA) is 117 Å². The van der Waals surface area contributed by atoms with E-state index in [-0.39, 0.29) is 12.6 Å². The van der Waals surface area contributed by atoms with Crippen molar-refractivity contribution in [2.24, 2.45) is 12.8 Å². The van der Waals surface area contributed by atoms with Gasteiger partial charge in [0.25, 0.3) is 5.56 Å². The first kappa shape index (κ1) is 22.8. The van der Waals surface area contributed by atoms with Gasteiger partial charge >= 0.3 is 5.69 Å². The molecule has 0 amide bonds. The van der Waals surface area contributed by atoms with Crippen molar-refractivity contribution < 1.29 is 0 Å². The molecule has 0 saturated carbocycles. The number of anilines is 1. The van der Waals surface area contributed by atoms with Gasteiger partial charge < -0.3 is 10.6 Å². The Hall–Kier alpha value is -3.97. The molecule has 10 heteroatoms. The smallest absolute Gasteiger partial charge is 0.333 e. The highest BCUT2D eigenvalue weighted by Crippen LogP contribution is 2.23. The minimum Gasteiger partial charge on any atom is -0.341 e. The predicted molar refractivity (Wildman–Crippen MR) is 135 cm³/mol. The normalized spacial score (nSPS) is 16.9. The molecule has 1 saturated heterocycles. The van der Waals surface area contributed by atoms with Gasteiger partial charge in [0, 0.05) is 37.8 Å². The minimum absolute atomic E-state index is 0.0276. The molecular formula is C25H28N8O2. The molecule has 4 heterocycles. The fourth-order valence-corrected chi connectivity index (χ4v) is 4.71. The molecule has 1 fully saturated rings. The van der Waals surface area contributed by atoms with Gasteiger partial charge in [-0.05, 0) is 32.8 Å². The maximum Gasteiger partial charge on any atom is 0.333 e. The van der Waals surface area contributed by atoms with Crippen LogP contribution in [0.3, 0.4) is 0 Å². The van der Waals surface area contributed by atoms with Gasteiger partial charge in [-0.2, -0.15) is 4.98 Å². The Morgan fingerprint density at radius 3 is 2.80 bits per heavy atom. The van der Waals surface area contributed by atoms with Gasteiger partial charge in [-0.15, -0.1) is 5.92 Å². The fourth-order valence-electron chi connectivity index (χ4n) is 4.71. The van der Waals surface area contributed by atoms with E-state index < -0.39 is 17.3 Å². The number of imidazole rings is 1. The van der Waals surface area contributed by atoms with Crippen molar-refractivity contribution in [3.8, 4) is 11.8 Å². The maximum absolute atomic E-state index is 13.9. The average Bonchev–Trinajstić information content (AvgIpc) is 3.25. The highest BCUT2D eigenvalue weighted by atomic mass is 16.2. The van der Waals surface area contributed by atoms with Crippen molar-refractivity contribution >= 4 is 28.0 Å². The number of hydrogen-bond donors (Lipinski definition) is 1. The molecule has 2 N–H and O–H groups in total. The lowest BCUT2D eigenvalue weighted by Crippen LogP contribution is -2.44. The molecule has 1 aromatic carbocycles. The van der Waals surface area contributed by atoms with Crippen LogP contribution in [0.25, 0.3) is 22.1 Å². The Kier molecular flexibility index (Phi) is 5.86. The number of hydrogen-bond acceptors (Lipinski definition) is 7. The van der Waals surface area contributed by atoms with Gasteiger partial charge in [0.05, 0.1) is 18.1 Å². The molecule has 0 spiro atoms. The molecule has 4 aromatic rings. The van der Waals surface area contributed by atoms with Crippen molar-refractivity contribution in [3.05, 3.63) is 57.1 Å². The Balaban J connectivity index is 1.72. The SMILES string of the molecule is CC#CCn1c(N2CCC[C@@H](N)C2)nc2c1c(=O)n(C(C)c1ncc3ccccc3n1)c(=O)n2C. The summed E-state index contributed by atoms with van der Waals surface area (Å²) >= 11 is 0. The van der Waals surface area contributed by atoms with Crippen LogP contribution in [-0.2, 0) is 13.6 Å². The van der Waals surface area contributed by atoms with Gasteiger partial charge in [-0.1, -0.05) is 24.1 Å². The van der Waals surface area contributed by atoms with Gasteiger partial charge in [0.15, 0.2) is 17.0 Å². The summed E-state index contributed by atoms with van der Waals surface area (Å²) in [6.07, 6.45) is 3.59. The summed E-state index contributed by atoms with van der Waals surface area (Å²) in [5.74, 6) is 6.95. The first-order valence-corrected chi connectivity index (χ1v) is 11.7. The van der Waals surface area contributed by atoms with Gasteiger partial charge in [0.2, 0.25) is 5.95 Å². The van der Waals surface area contributed by atoms with E-state index in [4.69, 9.17) is 10.7 Å². The highest BCUT2D eigenvalue weighted by Gasteiger charge is 2.28. The minimum atomic E-state index is -0.678. The van der Waals surface area contributed by atoms with E-state index in [1.807, 2.05) is 24.3 Å². The Labute approximate surface area is 202 Å². The average molecular weight is 473 g/mol. The molecule has 1 aliphatic heterocycles. The zero-order chi connectivity index (χ0) is 24.7. The Bertz CT molecular complexity index is 1600. The zero-order valence-corrected chi connectivity index (χ0v) is 20.1. The van der Waals surface area contributed by atoms with E-state index >= 15 is 0 Å². The lowest BCUT2D eigenvalue weighted by molar-refractivity contribution is 0.496. The largest absolute Gasteiger partial charge is 0.341 e. The highest BCUT2D eigenvalue weighted by molar-refractivity contribution is 5.77. The number of para-hydroxylation sites is 1. The summed E-state index contributed by atoms with van der Waals surface area (Å²) in [6.45, 7) is 5.20. The number of aryl methyl sites for hydroxylation is 1. The van der Waals surface area contributed by atoms with Crippen LogP contribution in [0.15, 0.2) is 40.1 Å². The summed E-state index contributed by atoms with van der Waals surface area (Å²) in [5.41, 5.74) is 6.72. The van der Waals surface area contributed by atoms with Crippen LogP contribution >= 0.6 is 0 Å². The second kappa shape index (κ2) is 9.00. The predicted octanol–water partition coefficient (Wildman–Crippen LogP) is 1.40. The zero-order valence-electron chi connectivity index (χ0n) is 20.1. The van der Waals surface area contributed by atoms with Crippen LogP contribution in [0.5, 0.6) is 0 Å². The number of aromatic nitrogens is 6. The van der Waals surface area contributed by atoms with Crippen molar-refractivity contribution in [1.29, 1.82) is 0 Å². The molecule has 10 nitrogen and oxygen atoms in total. The molecule has 1 unspecified atom stereocenters. The van der Waals surface area contributed by atoms with E-state index in [0.717, 1.165) is 30.3 Å². The third-order valence-corrected chi connectivity index (χ3v) is 6.58. The lowest BCUT2D eigenvalue weighted by atomic mass is 10.1. The number of rotatable bonds is 4. The monoisotopic (exact) mass is 472 g/mol. The second-order valence-corrected chi connectivity index (χ2v) is 8.92. The molecule has 2 atom stereocenters. The Morgan fingerprint density at radius 2 is 2.03 bits per heavy atom. The van der Waals surface area contributed by atoms with Gasteiger partial charge in [0.1, 0.15) is 0 Å². The summed E-state index contributed by atoms with van der Waals surface area (Å²) in [5, 5.41) is 0.889. The van der Waals surface area contributed by atoms with E-state index in [1.165, 1.54) is 9.13 Å². The molecule has 0 aliphatic carbocycles. The number of nitrogens with two attached hydrogens (primary N) is 1. The van der Waals surface area contributed by atoms with E-state index in [2.05, 4.69) is 26.7 Å². The summed E-state index contributed by atoms with van der Waals surface area (Å²) in [7, 11) is 1.63. The van der Waals surface area contributed by atoms with Gasteiger partial charge in [-0.25, -0.2) is 19.3 Å².